The number of carboxylic acids is 1. The molecular formula is C19H17NO4S2. The molecule has 1 N–H and O–H groups in total. The predicted octanol–water partition coefficient (Wildman–Crippen LogP) is 4.67. The number of carbonyl (C=O) groups is 1. The SMILES string of the molecule is COc1ccc(-c2nc(SCC(=O)O)sc2-c2ccccc2)cc1OC. The Labute approximate surface area is 159 Å². The molecule has 0 saturated heterocycles. The van der Waals surface area contributed by atoms with E-state index in [2.05, 4.69) is 4.98 Å². The van der Waals surface area contributed by atoms with Crippen molar-refractivity contribution in [2.75, 3.05) is 20.0 Å². The van der Waals surface area contributed by atoms with Crippen molar-refractivity contribution in [1.82, 2.24) is 4.98 Å². The lowest BCUT2D eigenvalue weighted by atomic mass is 10.1. The predicted molar refractivity (Wildman–Crippen MR) is 104 cm³/mol. The van der Waals surface area contributed by atoms with Crippen LogP contribution < -0.4 is 9.47 Å². The highest BCUT2D eigenvalue weighted by atomic mass is 32.2. The quantitative estimate of drug-likeness (QED) is 0.594. The summed E-state index contributed by atoms with van der Waals surface area (Å²) >= 11 is 2.71. The molecule has 0 bridgehead atoms. The van der Waals surface area contributed by atoms with Crippen LogP contribution in [-0.2, 0) is 4.79 Å². The van der Waals surface area contributed by atoms with E-state index in [1.807, 2.05) is 48.5 Å². The molecular weight excluding hydrogens is 370 g/mol. The highest BCUT2D eigenvalue weighted by Gasteiger charge is 2.17. The van der Waals surface area contributed by atoms with Gasteiger partial charge in [-0.05, 0) is 23.8 Å². The van der Waals surface area contributed by atoms with Gasteiger partial charge in [-0.3, -0.25) is 4.79 Å². The maximum Gasteiger partial charge on any atom is 0.313 e. The van der Waals surface area contributed by atoms with Gasteiger partial charge in [0.2, 0.25) is 0 Å². The van der Waals surface area contributed by atoms with Gasteiger partial charge in [0.1, 0.15) is 0 Å². The van der Waals surface area contributed by atoms with Gasteiger partial charge in [-0.25, -0.2) is 4.98 Å². The highest BCUT2D eigenvalue weighted by Crippen LogP contribution is 2.42. The summed E-state index contributed by atoms with van der Waals surface area (Å²) in [4.78, 5) is 16.6. The lowest BCUT2D eigenvalue weighted by Crippen LogP contribution is -1.97. The van der Waals surface area contributed by atoms with Gasteiger partial charge < -0.3 is 14.6 Å². The van der Waals surface area contributed by atoms with Gasteiger partial charge in [-0.2, -0.15) is 0 Å². The first-order valence-electron chi connectivity index (χ1n) is 7.75. The Bertz CT molecular complexity index is 909. The van der Waals surface area contributed by atoms with Crippen LogP contribution in [0, 0.1) is 0 Å². The van der Waals surface area contributed by atoms with Crippen LogP contribution in [0.15, 0.2) is 52.9 Å². The monoisotopic (exact) mass is 387 g/mol. The highest BCUT2D eigenvalue weighted by molar-refractivity contribution is 8.01. The first kappa shape index (κ1) is 18.3. The van der Waals surface area contributed by atoms with E-state index < -0.39 is 5.97 Å². The van der Waals surface area contributed by atoms with Crippen LogP contribution in [0.3, 0.4) is 0 Å². The molecule has 0 amide bonds. The third-order valence-electron chi connectivity index (χ3n) is 3.62. The Hall–Kier alpha value is -2.51. The van der Waals surface area contributed by atoms with Crippen molar-refractivity contribution in [1.29, 1.82) is 0 Å². The van der Waals surface area contributed by atoms with Crippen LogP contribution in [0.5, 0.6) is 11.5 Å². The Morgan fingerprint density at radius 3 is 2.46 bits per heavy atom. The Morgan fingerprint density at radius 2 is 1.81 bits per heavy atom. The average Bonchev–Trinajstić information content (AvgIpc) is 3.11. The number of aliphatic carboxylic acids is 1. The van der Waals surface area contributed by atoms with Gasteiger partial charge in [0.15, 0.2) is 15.8 Å². The van der Waals surface area contributed by atoms with Crippen LogP contribution in [-0.4, -0.2) is 36.0 Å². The second-order valence-corrected chi connectivity index (χ2v) is 7.50. The lowest BCUT2D eigenvalue weighted by molar-refractivity contribution is -0.133. The molecule has 0 aliphatic heterocycles. The van der Waals surface area contributed by atoms with Crippen molar-refractivity contribution in [3.63, 3.8) is 0 Å². The number of ether oxygens (including phenoxy) is 2. The van der Waals surface area contributed by atoms with Gasteiger partial charge in [0.05, 0.1) is 30.5 Å². The van der Waals surface area contributed by atoms with E-state index in [-0.39, 0.29) is 5.75 Å². The Kier molecular flexibility index (Phi) is 5.80. The molecule has 0 aliphatic carbocycles. The first-order valence-corrected chi connectivity index (χ1v) is 9.56. The molecule has 3 aromatic rings. The van der Waals surface area contributed by atoms with Crippen molar-refractivity contribution in [3.8, 4) is 33.2 Å². The molecule has 2 aromatic carbocycles. The fraction of sp³-hybridized carbons (Fsp3) is 0.158. The van der Waals surface area contributed by atoms with Crippen LogP contribution in [0.1, 0.15) is 0 Å². The molecule has 1 aromatic heterocycles. The topological polar surface area (TPSA) is 68.7 Å². The summed E-state index contributed by atoms with van der Waals surface area (Å²) in [5.41, 5.74) is 2.73. The van der Waals surface area contributed by atoms with Crippen molar-refractivity contribution in [2.45, 2.75) is 4.34 Å². The second kappa shape index (κ2) is 8.25. The van der Waals surface area contributed by atoms with Crippen LogP contribution >= 0.6 is 23.1 Å². The van der Waals surface area contributed by atoms with Gasteiger partial charge in [0.25, 0.3) is 0 Å². The number of thiazole rings is 1. The van der Waals surface area contributed by atoms with Crippen molar-refractivity contribution < 1.29 is 19.4 Å². The molecule has 5 nitrogen and oxygen atoms in total. The molecule has 26 heavy (non-hydrogen) atoms. The van der Waals surface area contributed by atoms with E-state index in [0.29, 0.717) is 11.5 Å². The number of hydrogen-bond donors (Lipinski definition) is 1. The maximum absolute atomic E-state index is 10.9. The van der Waals surface area contributed by atoms with E-state index in [1.54, 1.807) is 14.2 Å². The zero-order valence-electron chi connectivity index (χ0n) is 14.3. The molecule has 3 rings (SSSR count). The standard InChI is InChI=1S/C19H17NO4S2/c1-23-14-9-8-13(10-15(14)24-2)17-18(12-6-4-3-5-7-12)26-19(20-17)25-11-16(21)22/h3-10H,11H2,1-2H3,(H,21,22). The Morgan fingerprint density at radius 1 is 1.08 bits per heavy atom. The summed E-state index contributed by atoms with van der Waals surface area (Å²) in [6, 6.07) is 15.6. The summed E-state index contributed by atoms with van der Waals surface area (Å²) in [5.74, 6) is 0.386. The molecule has 0 spiro atoms. The molecule has 134 valence electrons. The zero-order valence-corrected chi connectivity index (χ0v) is 15.9. The maximum atomic E-state index is 10.9. The fourth-order valence-corrected chi connectivity index (χ4v) is 4.34. The summed E-state index contributed by atoms with van der Waals surface area (Å²) < 4.78 is 11.4. The van der Waals surface area contributed by atoms with Crippen molar-refractivity contribution in [3.05, 3.63) is 48.5 Å². The molecule has 1 heterocycles. The minimum Gasteiger partial charge on any atom is -0.493 e. The molecule has 0 aliphatic rings. The number of benzene rings is 2. The van der Waals surface area contributed by atoms with Gasteiger partial charge >= 0.3 is 5.97 Å². The van der Waals surface area contributed by atoms with E-state index in [1.165, 1.54) is 23.1 Å². The summed E-state index contributed by atoms with van der Waals surface area (Å²) in [6.45, 7) is 0. The third kappa shape index (κ3) is 4.00. The van der Waals surface area contributed by atoms with Crippen molar-refractivity contribution >= 4 is 29.1 Å². The summed E-state index contributed by atoms with van der Waals surface area (Å²) in [5, 5.41) is 8.94. The van der Waals surface area contributed by atoms with E-state index >= 15 is 0 Å². The van der Waals surface area contributed by atoms with E-state index in [0.717, 1.165) is 26.0 Å². The number of thioether (sulfide) groups is 1. The van der Waals surface area contributed by atoms with E-state index in [4.69, 9.17) is 14.6 Å². The first-order chi connectivity index (χ1) is 12.6. The zero-order chi connectivity index (χ0) is 18.5. The summed E-state index contributed by atoms with van der Waals surface area (Å²) in [6.07, 6.45) is 0. The molecule has 0 atom stereocenters. The van der Waals surface area contributed by atoms with Crippen LogP contribution in [0.4, 0.5) is 0 Å². The molecule has 0 radical (unpaired) electrons. The second-order valence-electron chi connectivity index (χ2n) is 5.28. The van der Waals surface area contributed by atoms with Crippen LogP contribution in [0.2, 0.25) is 0 Å². The smallest absolute Gasteiger partial charge is 0.313 e. The van der Waals surface area contributed by atoms with Crippen molar-refractivity contribution in [2.24, 2.45) is 0 Å². The fourth-order valence-electron chi connectivity index (χ4n) is 2.45. The van der Waals surface area contributed by atoms with E-state index in [9.17, 15) is 4.79 Å². The van der Waals surface area contributed by atoms with Gasteiger partial charge in [0, 0.05) is 5.56 Å². The minimum atomic E-state index is -0.862. The number of hydrogen-bond acceptors (Lipinski definition) is 6. The summed E-state index contributed by atoms with van der Waals surface area (Å²) in [7, 11) is 3.19. The number of carboxylic acid groups (broad SMARTS) is 1. The largest absolute Gasteiger partial charge is 0.493 e. The molecule has 0 fully saturated rings. The number of rotatable bonds is 7. The minimum absolute atomic E-state index is 0.0207. The number of methoxy groups -OCH3 is 2. The molecule has 7 heteroatoms. The number of aromatic nitrogens is 1. The molecule has 0 saturated carbocycles. The van der Waals surface area contributed by atoms with Gasteiger partial charge in [-0.1, -0.05) is 42.1 Å². The van der Waals surface area contributed by atoms with Gasteiger partial charge in [-0.15, -0.1) is 11.3 Å². The molecule has 0 unspecified atom stereocenters. The lowest BCUT2D eigenvalue weighted by Gasteiger charge is -2.09. The Balaban J connectivity index is 2.08. The van der Waals surface area contributed by atoms with Crippen LogP contribution in [0.25, 0.3) is 21.7 Å². The third-order valence-corrected chi connectivity index (χ3v) is 5.85. The number of nitrogens with zero attached hydrogens (tertiary/aromatic N) is 1. The average molecular weight is 387 g/mol. The normalized spacial score (nSPS) is 10.5.